The van der Waals surface area contributed by atoms with E-state index in [9.17, 15) is 4.55 Å². The Labute approximate surface area is 71.4 Å². The first-order chi connectivity index (χ1) is 5.88. The topological polar surface area (TPSA) is 80.4 Å². The van der Waals surface area contributed by atoms with E-state index in [1.165, 1.54) is 0 Å². The zero-order valence-corrected chi connectivity index (χ0v) is 6.84. The number of aromatic nitrogens is 4. The molecule has 2 rings (SSSR count). The lowest BCUT2D eigenvalue weighted by atomic mass is 11.0. The Morgan fingerprint density at radius 1 is 1.08 bits per heavy atom. The Balaban J connectivity index is 2.27. The highest BCUT2D eigenvalue weighted by atomic mass is 32.2. The molecule has 0 saturated carbocycles. The molecule has 12 heavy (non-hydrogen) atoms. The number of rotatable bonds is 2. The van der Waals surface area contributed by atoms with Crippen LogP contribution in [0.25, 0.3) is 0 Å². The molecule has 2 aromatic rings. The Morgan fingerprint density at radius 3 is 1.92 bits per heavy atom. The maximum Gasteiger partial charge on any atom is 0.329 e. The monoisotopic (exact) mass is 182 g/mol. The third-order valence-corrected chi connectivity index (χ3v) is 2.45. The van der Waals surface area contributed by atoms with Crippen LogP contribution >= 0.6 is 0 Å². The second kappa shape index (κ2) is 3.00. The van der Waals surface area contributed by atoms with E-state index in [2.05, 4.69) is 19.9 Å². The molecule has 0 aliphatic rings. The van der Waals surface area contributed by atoms with E-state index in [4.69, 9.17) is 0 Å². The molecule has 0 saturated heterocycles. The van der Waals surface area contributed by atoms with Crippen molar-refractivity contribution in [2.75, 3.05) is 0 Å². The lowest BCUT2D eigenvalue weighted by molar-refractivity contribution is 0.580. The third-order valence-electron chi connectivity index (χ3n) is 1.30. The molecule has 0 aromatic carbocycles. The molecule has 2 heterocycles. The first-order valence-corrected chi connectivity index (χ1v) is 4.43. The summed E-state index contributed by atoms with van der Waals surface area (Å²) < 4.78 is 11.5. The van der Waals surface area contributed by atoms with Crippen LogP contribution in [0.15, 0.2) is 35.1 Å². The van der Waals surface area contributed by atoms with Gasteiger partial charge in [0, 0.05) is 24.8 Å². The molecule has 0 aliphatic heterocycles. The quantitative estimate of drug-likeness (QED) is 0.655. The fourth-order valence-corrected chi connectivity index (χ4v) is 1.64. The molecule has 62 valence electrons. The van der Waals surface area contributed by atoms with Crippen LogP contribution in [-0.4, -0.2) is 24.5 Å². The van der Waals surface area contributed by atoms with Crippen LogP contribution in [0.3, 0.4) is 0 Å². The Hall–Kier alpha value is -1.27. The average Bonchev–Trinajstić information content (AvgIpc) is 2.77. The molecule has 0 bridgehead atoms. The number of hydrogen-bond acceptors (Lipinski definition) is 3. The first kappa shape index (κ1) is 7.38. The Bertz CT molecular complexity index is 296. The maximum absolute atomic E-state index is 11.5. The van der Waals surface area contributed by atoms with Gasteiger partial charge in [0.05, 0.1) is 0 Å². The van der Waals surface area contributed by atoms with Crippen LogP contribution in [0.4, 0.5) is 0 Å². The van der Waals surface area contributed by atoms with Crippen LogP contribution in [0.2, 0.25) is 0 Å². The van der Waals surface area contributed by atoms with Crippen molar-refractivity contribution in [2.45, 2.75) is 10.3 Å². The summed E-state index contributed by atoms with van der Waals surface area (Å²) in [5.74, 6) is 0. The summed E-state index contributed by atoms with van der Waals surface area (Å²) in [5, 5.41) is 0.815. The molecule has 0 radical (unpaired) electrons. The number of nitrogens with one attached hydrogen (secondary N) is 2. The van der Waals surface area contributed by atoms with E-state index >= 15 is 0 Å². The minimum atomic E-state index is -1.32. The fourth-order valence-electron chi connectivity index (χ4n) is 0.796. The molecule has 0 atom stereocenters. The van der Waals surface area contributed by atoms with E-state index in [-0.39, 0.29) is 0 Å². The zero-order valence-electron chi connectivity index (χ0n) is 6.02. The molecule has 5 nitrogen and oxygen atoms in total. The van der Waals surface area contributed by atoms with E-state index in [1.54, 1.807) is 24.8 Å². The van der Waals surface area contributed by atoms with Gasteiger partial charge in [-0.15, -0.1) is 0 Å². The number of aromatic amines is 2. The summed E-state index contributed by atoms with van der Waals surface area (Å²) in [6.07, 6.45) is 6.35. The molecule has 0 aliphatic carbocycles. The molecule has 0 amide bonds. The van der Waals surface area contributed by atoms with Gasteiger partial charge in [0.15, 0.2) is 0 Å². The highest BCUT2D eigenvalue weighted by Crippen LogP contribution is 2.11. The molecule has 6 heteroatoms. The van der Waals surface area contributed by atoms with Crippen molar-refractivity contribution in [1.82, 2.24) is 19.9 Å². The number of hydrogen-bond donors (Lipinski definition) is 2. The summed E-state index contributed by atoms with van der Waals surface area (Å²) >= 11 is -1.32. The Kier molecular flexibility index (Phi) is 1.84. The first-order valence-electron chi connectivity index (χ1n) is 3.28. The highest BCUT2D eigenvalue weighted by Gasteiger charge is 2.19. The minimum Gasteiger partial charge on any atom is -0.602 e. The Morgan fingerprint density at radius 2 is 1.58 bits per heavy atom. The lowest BCUT2D eigenvalue weighted by Crippen LogP contribution is -2.05. The van der Waals surface area contributed by atoms with Crippen LogP contribution < -0.4 is 0 Å². The standard InChI is InChI=1S/C6H6N4OS/c11-12(5-7-1-2-8-5)6-9-3-4-10-6/h1-4H,(H,7,8)(H,9,10). The SMILES string of the molecule is [O-][S+](c1ncc[nH]1)c1ncc[nH]1. The van der Waals surface area contributed by atoms with Gasteiger partial charge in [-0.05, 0) is 0 Å². The lowest BCUT2D eigenvalue weighted by Gasteiger charge is -2.00. The molecule has 2 N–H and O–H groups in total. The van der Waals surface area contributed by atoms with E-state index in [0.717, 1.165) is 0 Å². The van der Waals surface area contributed by atoms with Crippen molar-refractivity contribution < 1.29 is 4.55 Å². The number of nitrogens with zero attached hydrogens (tertiary/aromatic N) is 2. The van der Waals surface area contributed by atoms with Gasteiger partial charge in [0.2, 0.25) is 0 Å². The molecule has 0 unspecified atom stereocenters. The summed E-state index contributed by atoms with van der Waals surface area (Å²) in [6, 6.07) is 0. The van der Waals surface area contributed by atoms with Gasteiger partial charge in [-0.3, -0.25) is 0 Å². The molecule has 2 aromatic heterocycles. The third kappa shape index (κ3) is 1.21. The van der Waals surface area contributed by atoms with Crippen LogP contribution in [0.5, 0.6) is 0 Å². The predicted molar refractivity (Wildman–Crippen MR) is 41.8 cm³/mol. The van der Waals surface area contributed by atoms with Gasteiger partial charge in [0.1, 0.15) is 11.2 Å². The summed E-state index contributed by atoms with van der Waals surface area (Å²) in [5.41, 5.74) is 0. The van der Waals surface area contributed by atoms with Crippen molar-refractivity contribution in [2.24, 2.45) is 0 Å². The fraction of sp³-hybridized carbons (Fsp3) is 0. The van der Waals surface area contributed by atoms with E-state index < -0.39 is 11.2 Å². The predicted octanol–water partition coefficient (Wildman–Crippen LogP) is 0.299. The largest absolute Gasteiger partial charge is 0.602 e. The smallest absolute Gasteiger partial charge is 0.329 e. The van der Waals surface area contributed by atoms with Gasteiger partial charge in [-0.1, -0.05) is 0 Å². The number of H-pyrrole nitrogens is 2. The van der Waals surface area contributed by atoms with E-state index in [0.29, 0.717) is 10.3 Å². The summed E-state index contributed by atoms with van der Waals surface area (Å²) in [4.78, 5) is 13.2. The van der Waals surface area contributed by atoms with Gasteiger partial charge in [-0.25, -0.2) is 0 Å². The molecule has 0 spiro atoms. The maximum atomic E-state index is 11.5. The van der Waals surface area contributed by atoms with Crippen molar-refractivity contribution in [3.63, 3.8) is 0 Å². The van der Waals surface area contributed by atoms with Crippen LogP contribution in [0.1, 0.15) is 0 Å². The molecular weight excluding hydrogens is 176 g/mol. The van der Waals surface area contributed by atoms with Gasteiger partial charge in [0.25, 0.3) is 0 Å². The van der Waals surface area contributed by atoms with Gasteiger partial charge >= 0.3 is 10.3 Å². The van der Waals surface area contributed by atoms with E-state index in [1.807, 2.05) is 0 Å². The van der Waals surface area contributed by atoms with Gasteiger partial charge < -0.3 is 14.5 Å². The minimum absolute atomic E-state index is 0.407. The highest BCUT2D eigenvalue weighted by molar-refractivity contribution is 7.91. The van der Waals surface area contributed by atoms with Gasteiger partial charge in [-0.2, -0.15) is 9.97 Å². The van der Waals surface area contributed by atoms with Crippen molar-refractivity contribution in [3.05, 3.63) is 24.8 Å². The summed E-state index contributed by atoms with van der Waals surface area (Å²) in [7, 11) is 0. The zero-order chi connectivity index (χ0) is 8.39. The normalized spacial score (nSPS) is 10.8. The van der Waals surface area contributed by atoms with Crippen molar-refractivity contribution in [1.29, 1.82) is 0 Å². The second-order valence-electron chi connectivity index (χ2n) is 2.06. The van der Waals surface area contributed by atoms with Crippen LogP contribution in [0, 0.1) is 0 Å². The molecular formula is C6H6N4OS. The number of imidazole rings is 2. The average molecular weight is 182 g/mol. The second-order valence-corrected chi connectivity index (χ2v) is 3.37. The molecule has 0 fully saturated rings. The summed E-state index contributed by atoms with van der Waals surface area (Å²) in [6.45, 7) is 0. The van der Waals surface area contributed by atoms with Crippen molar-refractivity contribution in [3.8, 4) is 0 Å². The van der Waals surface area contributed by atoms with Crippen molar-refractivity contribution >= 4 is 11.2 Å². The van der Waals surface area contributed by atoms with Crippen LogP contribution in [-0.2, 0) is 11.2 Å².